The molecule has 0 saturated heterocycles. The SMILES string of the molecule is c1ccc2cc(-c3c4ccccc4c(-c4cc5c(ccc6c7ccccc7oc56)o4)c4ccccc34)ccc2c1. The number of benzene rings is 7. The molecule has 2 nitrogen and oxygen atoms in total. The van der Waals surface area contributed by atoms with Gasteiger partial charge in [-0.05, 0) is 73.8 Å². The predicted molar refractivity (Wildman–Crippen MR) is 167 cm³/mol. The van der Waals surface area contributed by atoms with Crippen LogP contribution in [0.15, 0.2) is 142 Å². The molecule has 2 heteroatoms. The average Bonchev–Trinajstić information content (AvgIpc) is 3.61. The lowest BCUT2D eigenvalue weighted by atomic mass is 9.87. The van der Waals surface area contributed by atoms with Crippen LogP contribution in [0.2, 0.25) is 0 Å². The maximum atomic E-state index is 6.62. The molecule has 0 aliphatic rings. The Labute approximate surface area is 229 Å². The molecule has 2 aromatic heterocycles. The molecule has 0 amide bonds. The second-order valence-electron chi connectivity index (χ2n) is 10.5. The van der Waals surface area contributed by atoms with E-state index in [1.54, 1.807) is 0 Å². The van der Waals surface area contributed by atoms with E-state index >= 15 is 0 Å². The number of fused-ring (bicyclic) bond motifs is 8. The van der Waals surface area contributed by atoms with Crippen LogP contribution in [-0.2, 0) is 0 Å². The summed E-state index contributed by atoms with van der Waals surface area (Å²) >= 11 is 0. The van der Waals surface area contributed by atoms with Gasteiger partial charge in [-0.2, -0.15) is 0 Å². The molecule has 0 radical (unpaired) electrons. The van der Waals surface area contributed by atoms with Gasteiger partial charge in [-0.25, -0.2) is 0 Å². The first-order chi connectivity index (χ1) is 19.8. The summed E-state index contributed by atoms with van der Waals surface area (Å²) in [5.41, 5.74) is 6.16. The van der Waals surface area contributed by atoms with Gasteiger partial charge in [-0.15, -0.1) is 0 Å². The number of para-hydroxylation sites is 1. The molecule has 40 heavy (non-hydrogen) atoms. The minimum absolute atomic E-state index is 0.827. The average molecular weight is 511 g/mol. The van der Waals surface area contributed by atoms with Gasteiger partial charge >= 0.3 is 0 Å². The number of hydrogen-bond donors (Lipinski definition) is 0. The van der Waals surface area contributed by atoms with Crippen LogP contribution in [0.1, 0.15) is 0 Å². The summed E-state index contributed by atoms with van der Waals surface area (Å²) in [7, 11) is 0. The third kappa shape index (κ3) is 2.99. The largest absolute Gasteiger partial charge is 0.456 e. The fraction of sp³-hybridized carbons (Fsp3) is 0. The lowest BCUT2D eigenvalue weighted by molar-refractivity contribution is 0.632. The Kier molecular flexibility index (Phi) is 4.36. The zero-order valence-electron chi connectivity index (χ0n) is 21.5. The van der Waals surface area contributed by atoms with Gasteiger partial charge in [0.05, 0.1) is 5.39 Å². The predicted octanol–water partition coefficient (Wildman–Crippen LogP) is 11.1. The molecule has 186 valence electrons. The van der Waals surface area contributed by atoms with Gasteiger partial charge in [0.1, 0.15) is 22.5 Å². The van der Waals surface area contributed by atoms with Gasteiger partial charge in [0.15, 0.2) is 0 Å². The highest BCUT2D eigenvalue weighted by Gasteiger charge is 2.20. The van der Waals surface area contributed by atoms with Crippen molar-refractivity contribution in [2.45, 2.75) is 0 Å². The van der Waals surface area contributed by atoms with Gasteiger partial charge < -0.3 is 8.83 Å². The smallest absolute Gasteiger partial charge is 0.146 e. The third-order valence-electron chi connectivity index (χ3n) is 8.26. The van der Waals surface area contributed by atoms with Crippen LogP contribution in [0.4, 0.5) is 0 Å². The van der Waals surface area contributed by atoms with Gasteiger partial charge in [0, 0.05) is 16.3 Å². The zero-order valence-corrected chi connectivity index (χ0v) is 21.5. The van der Waals surface area contributed by atoms with E-state index in [0.29, 0.717) is 0 Å². The van der Waals surface area contributed by atoms with Gasteiger partial charge in [-0.3, -0.25) is 0 Å². The van der Waals surface area contributed by atoms with Crippen LogP contribution in [0, 0.1) is 0 Å². The molecular formula is C38H22O2. The first-order valence-corrected chi connectivity index (χ1v) is 13.6. The molecule has 0 bridgehead atoms. The third-order valence-corrected chi connectivity index (χ3v) is 8.26. The van der Waals surface area contributed by atoms with Crippen molar-refractivity contribution in [2.75, 3.05) is 0 Å². The monoisotopic (exact) mass is 510 g/mol. The molecule has 0 spiro atoms. The van der Waals surface area contributed by atoms with E-state index in [1.807, 2.05) is 12.1 Å². The topological polar surface area (TPSA) is 26.3 Å². The maximum absolute atomic E-state index is 6.62. The van der Waals surface area contributed by atoms with Crippen LogP contribution >= 0.6 is 0 Å². The lowest BCUT2D eigenvalue weighted by Gasteiger charge is -2.16. The van der Waals surface area contributed by atoms with Crippen molar-refractivity contribution in [2.24, 2.45) is 0 Å². The summed E-state index contributed by atoms with van der Waals surface area (Å²) in [5, 5.41) is 10.5. The summed E-state index contributed by atoms with van der Waals surface area (Å²) in [4.78, 5) is 0. The van der Waals surface area contributed by atoms with Crippen LogP contribution < -0.4 is 0 Å². The lowest BCUT2D eigenvalue weighted by Crippen LogP contribution is -1.90. The Morgan fingerprint density at radius 1 is 0.350 bits per heavy atom. The van der Waals surface area contributed by atoms with Crippen LogP contribution in [-0.4, -0.2) is 0 Å². The van der Waals surface area contributed by atoms with Crippen molar-refractivity contribution in [3.63, 3.8) is 0 Å². The summed E-state index contributed by atoms with van der Waals surface area (Å²) in [6.07, 6.45) is 0. The molecular weight excluding hydrogens is 488 g/mol. The minimum atomic E-state index is 0.827. The molecule has 0 N–H and O–H groups in total. The first kappa shape index (κ1) is 21.6. The molecule has 2 heterocycles. The first-order valence-electron chi connectivity index (χ1n) is 13.6. The van der Waals surface area contributed by atoms with Crippen LogP contribution in [0.5, 0.6) is 0 Å². The van der Waals surface area contributed by atoms with Gasteiger partial charge in [0.2, 0.25) is 0 Å². The van der Waals surface area contributed by atoms with Crippen molar-refractivity contribution in [3.8, 4) is 22.5 Å². The molecule has 0 saturated carbocycles. The fourth-order valence-corrected chi connectivity index (χ4v) is 6.47. The standard InChI is InChI=1S/C38H22O2/c1-2-10-24-21-25(18-17-23(24)9-1)36-27-12-3-5-14-29(27)37(30-15-6-4-13-28(30)36)35-22-32-34(39-35)20-19-31-26-11-7-8-16-33(26)40-38(31)32/h1-22H. The number of hydrogen-bond acceptors (Lipinski definition) is 2. The van der Waals surface area contributed by atoms with E-state index in [4.69, 9.17) is 8.83 Å². The molecule has 0 aliphatic heterocycles. The molecule has 0 unspecified atom stereocenters. The maximum Gasteiger partial charge on any atom is 0.146 e. The molecule has 9 aromatic rings. The van der Waals surface area contributed by atoms with Crippen molar-refractivity contribution >= 4 is 65.2 Å². The van der Waals surface area contributed by atoms with Crippen molar-refractivity contribution in [1.82, 2.24) is 0 Å². The molecule has 0 fully saturated rings. The molecule has 0 atom stereocenters. The number of furan rings is 2. The summed E-state index contributed by atoms with van der Waals surface area (Å²) in [6.45, 7) is 0. The van der Waals surface area contributed by atoms with E-state index in [9.17, 15) is 0 Å². The molecule has 0 aliphatic carbocycles. The van der Waals surface area contributed by atoms with Gasteiger partial charge in [-0.1, -0.05) is 103 Å². The second kappa shape index (κ2) is 8.08. The van der Waals surface area contributed by atoms with Gasteiger partial charge in [0.25, 0.3) is 0 Å². The van der Waals surface area contributed by atoms with Crippen LogP contribution in [0.25, 0.3) is 87.7 Å². The Bertz CT molecular complexity index is 2380. The van der Waals surface area contributed by atoms with Crippen molar-refractivity contribution in [3.05, 3.63) is 133 Å². The quantitative estimate of drug-likeness (QED) is 0.216. The zero-order chi connectivity index (χ0) is 26.2. The Morgan fingerprint density at radius 3 is 1.70 bits per heavy atom. The van der Waals surface area contributed by atoms with Crippen molar-refractivity contribution < 1.29 is 8.83 Å². The van der Waals surface area contributed by atoms with E-state index in [-0.39, 0.29) is 0 Å². The Hall–Kier alpha value is -5.34. The minimum Gasteiger partial charge on any atom is -0.456 e. The highest BCUT2D eigenvalue weighted by molar-refractivity contribution is 6.22. The number of rotatable bonds is 2. The van der Waals surface area contributed by atoms with E-state index in [1.165, 1.54) is 43.4 Å². The molecule has 7 aromatic carbocycles. The summed E-state index contributed by atoms with van der Waals surface area (Å²) < 4.78 is 13.0. The van der Waals surface area contributed by atoms with E-state index < -0.39 is 0 Å². The second-order valence-corrected chi connectivity index (χ2v) is 10.5. The highest BCUT2D eigenvalue weighted by Crippen LogP contribution is 2.46. The Morgan fingerprint density at radius 2 is 0.950 bits per heavy atom. The van der Waals surface area contributed by atoms with E-state index in [0.717, 1.165) is 44.2 Å². The van der Waals surface area contributed by atoms with Crippen molar-refractivity contribution in [1.29, 1.82) is 0 Å². The highest BCUT2D eigenvalue weighted by atomic mass is 16.3. The fourth-order valence-electron chi connectivity index (χ4n) is 6.47. The van der Waals surface area contributed by atoms with Crippen LogP contribution in [0.3, 0.4) is 0 Å². The summed E-state index contributed by atoms with van der Waals surface area (Å²) in [6, 6.07) is 47.2. The summed E-state index contributed by atoms with van der Waals surface area (Å²) in [5.74, 6) is 0.848. The normalized spacial score (nSPS) is 12.0. The Balaban J connectivity index is 1.37. The van der Waals surface area contributed by atoms with E-state index in [2.05, 4.69) is 121 Å². The molecule has 9 rings (SSSR count).